The Morgan fingerprint density at radius 3 is 2.06 bits per heavy atom. The standard InChI is InChI=1S/C14H32N2/c1-7-10-12(4)15-11-14(6)16(9-3)13(5)8-2/h12-15H,7-11H2,1-6H3. The predicted octanol–water partition coefficient (Wildman–Crippen LogP) is 3.27. The fraction of sp³-hybridized carbons (Fsp3) is 1.00. The average Bonchev–Trinajstić information content (AvgIpc) is 2.27. The van der Waals surface area contributed by atoms with E-state index in [1.54, 1.807) is 0 Å². The van der Waals surface area contributed by atoms with Crippen molar-refractivity contribution < 1.29 is 0 Å². The zero-order chi connectivity index (χ0) is 12.6. The van der Waals surface area contributed by atoms with Gasteiger partial charge in [0.25, 0.3) is 0 Å². The van der Waals surface area contributed by atoms with Crippen LogP contribution in [0.1, 0.15) is 60.8 Å². The van der Waals surface area contributed by atoms with Crippen molar-refractivity contribution >= 4 is 0 Å². The highest BCUT2D eigenvalue weighted by Crippen LogP contribution is 2.08. The summed E-state index contributed by atoms with van der Waals surface area (Å²) in [4.78, 5) is 2.59. The maximum atomic E-state index is 3.64. The van der Waals surface area contributed by atoms with Crippen LogP contribution in [-0.2, 0) is 0 Å². The van der Waals surface area contributed by atoms with Crippen molar-refractivity contribution in [1.82, 2.24) is 10.2 Å². The quantitative estimate of drug-likeness (QED) is 0.651. The molecular weight excluding hydrogens is 196 g/mol. The minimum atomic E-state index is 0.638. The molecule has 0 aliphatic rings. The minimum Gasteiger partial charge on any atom is -0.313 e. The molecule has 0 aromatic rings. The molecule has 0 spiro atoms. The fourth-order valence-electron chi connectivity index (χ4n) is 2.32. The predicted molar refractivity (Wildman–Crippen MR) is 74.0 cm³/mol. The average molecular weight is 228 g/mol. The van der Waals surface area contributed by atoms with Gasteiger partial charge in [-0.15, -0.1) is 0 Å². The summed E-state index contributed by atoms with van der Waals surface area (Å²) in [6.07, 6.45) is 3.79. The highest BCUT2D eigenvalue weighted by molar-refractivity contribution is 4.75. The molecule has 0 fully saturated rings. The van der Waals surface area contributed by atoms with Crippen LogP contribution in [0.4, 0.5) is 0 Å². The Morgan fingerprint density at radius 2 is 1.62 bits per heavy atom. The molecule has 3 atom stereocenters. The molecule has 0 saturated heterocycles. The van der Waals surface area contributed by atoms with E-state index in [2.05, 4.69) is 51.8 Å². The lowest BCUT2D eigenvalue weighted by Crippen LogP contribution is -2.46. The van der Waals surface area contributed by atoms with Gasteiger partial charge in [0.05, 0.1) is 0 Å². The van der Waals surface area contributed by atoms with Crippen LogP contribution in [0.3, 0.4) is 0 Å². The van der Waals surface area contributed by atoms with Gasteiger partial charge in [0.2, 0.25) is 0 Å². The lowest BCUT2D eigenvalue weighted by atomic mass is 10.1. The summed E-state index contributed by atoms with van der Waals surface area (Å²) in [5.41, 5.74) is 0. The monoisotopic (exact) mass is 228 g/mol. The first-order chi connectivity index (χ1) is 7.56. The van der Waals surface area contributed by atoms with Gasteiger partial charge in [0, 0.05) is 24.7 Å². The van der Waals surface area contributed by atoms with E-state index in [-0.39, 0.29) is 0 Å². The third-order valence-corrected chi connectivity index (χ3v) is 3.57. The summed E-state index contributed by atoms with van der Waals surface area (Å²) in [5, 5.41) is 3.64. The third kappa shape index (κ3) is 5.86. The summed E-state index contributed by atoms with van der Waals surface area (Å²) in [6.45, 7) is 16.0. The van der Waals surface area contributed by atoms with Crippen molar-refractivity contribution in [3.8, 4) is 0 Å². The van der Waals surface area contributed by atoms with Crippen molar-refractivity contribution in [3.63, 3.8) is 0 Å². The number of hydrogen-bond donors (Lipinski definition) is 1. The van der Waals surface area contributed by atoms with Gasteiger partial charge in [-0.3, -0.25) is 4.90 Å². The molecule has 0 rings (SSSR count). The molecule has 1 N–H and O–H groups in total. The number of likely N-dealkylation sites (N-methyl/N-ethyl adjacent to an activating group) is 1. The molecule has 3 unspecified atom stereocenters. The summed E-state index contributed by atoms with van der Waals surface area (Å²) < 4.78 is 0. The van der Waals surface area contributed by atoms with Crippen LogP contribution in [-0.4, -0.2) is 36.1 Å². The van der Waals surface area contributed by atoms with Crippen LogP contribution in [0, 0.1) is 0 Å². The second-order valence-corrected chi connectivity index (χ2v) is 5.03. The van der Waals surface area contributed by atoms with Crippen LogP contribution < -0.4 is 5.32 Å². The maximum Gasteiger partial charge on any atom is 0.0195 e. The molecule has 0 aliphatic heterocycles. The van der Waals surface area contributed by atoms with Crippen molar-refractivity contribution in [2.24, 2.45) is 0 Å². The molecule has 0 heterocycles. The number of nitrogens with zero attached hydrogens (tertiary/aromatic N) is 1. The molecule has 98 valence electrons. The van der Waals surface area contributed by atoms with Gasteiger partial charge in [-0.2, -0.15) is 0 Å². The first-order valence-corrected chi connectivity index (χ1v) is 7.05. The molecule has 0 aliphatic carbocycles. The summed E-state index contributed by atoms with van der Waals surface area (Å²) in [6, 6.07) is 1.99. The highest BCUT2D eigenvalue weighted by atomic mass is 15.2. The van der Waals surface area contributed by atoms with Crippen LogP contribution >= 0.6 is 0 Å². The largest absolute Gasteiger partial charge is 0.313 e. The zero-order valence-corrected chi connectivity index (χ0v) is 12.2. The fourth-order valence-corrected chi connectivity index (χ4v) is 2.32. The number of hydrogen-bond acceptors (Lipinski definition) is 2. The number of nitrogens with one attached hydrogen (secondary N) is 1. The van der Waals surface area contributed by atoms with Crippen molar-refractivity contribution in [3.05, 3.63) is 0 Å². The van der Waals surface area contributed by atoms with Crippen LogP contribution in [0.5, 0.6) is 0 Å². The normalized spacial score (nSPS) is 17.4. The minimum absolute atomic E-state index is 0.638. The molecule has 0 aromatic carbocycles. The Balaban J connectivity index is 3.96. The Bertz CT molecular complexity index is 159. The lowest BCUT2D eigenvalue weighted by Gasteiger charge is -2.34. The first-order valence-electron chi connectivity index (χ1n) is 7.05. The smallest absolute Gasteiger partial charge is 0.0195 e. The SMILES string of the molecule is CCCC(C)NCC(C)N(CC)C(C)CC. The molecule has 2 nitrogen and oxygen atoms in total. The van der Waals surface area contributed by atoms with E-state index >= 15 is 0 Å². The van der Waals surface area contributed by atoms with E-state index in [4.69, 9.17) is 0 Å². The van der Waals surface area contributed by atoms with E-state index in [1.165, 1.54) is 19.3 Å². The highest BCUT2D eigenvalue weighted by Gasteiger charge is 2.17. The van der Waals surface area contributed by atoms with Gasteiger partial charge in [0.1, 0.15) is 0 Å². The maximum absolute atomic E-state index is 3.64. The molecule has 0 saturated carbocycles. The zero-order valence-electron chi connectivity index (χ0n) is 12.2. The van der Waals surface area contributed by atoms with Crippen LogP contribution in [0.2, 0.25) is 0 Å². The van der Waals surface area contributed by atoms with Crippen molar-refractivity contribution in [2.75, 3.05) is 13.1 Å². The van der Waals surface area contributed by atoms with E-state index in [0.717, 1.165) is 13.1 Å². The number of rotatable bonds is 9. The second kappa shape index (κ2) is 9.00. The summed E-state index contributed by atoms with van der Waals surface area (Å²) in [5.74, 6) is 0. The molecule has 0 aromatic heterocycles. The lowest BCUT2D eigenvalue weighted by molar-refractivity contribution is 0.153. The molecule has 0 bridgehead atoms. The Kier molecular flexibility index (Phi) is 8.96. The third-order valence-electron chi connectivity index (χ3n) is 3.57. The molecule has 2 heteroatoms. The van der Waals surface area contributed by atoms with Gasteiger partial charge >= 0.3 is 0 Å². The molecule has 16 heavy (non-hydrogen) atoms. The van der Waals surface area contributed by atoms with E-state index in [9.17, 15) is 0 Å². The van der Waals surface area contributed by atoms with Crippen LogP contribution in [0.25, 0.3) is 0 Å². The van der Waals surface area contributed by atoms with Crippen molar-refractivity contribution in [1.29, 1.82) is 0 Å². The van der Waals surface area contributed by atoms with E-state index in [1.807, 2.05) is 0 Å². The van der Waals surface area contributed by atoms with E-state index in [0.29, 0.717) is 18.1 Å². The Morgan fingerprint density at radius 1 is 1.00 bits per heavy atom. The topological polar surface area (TPSA) is 15.3 Å². The second-order valence-electron chi connectivity index (χ2n) is 5.03. The van der Waals surface area contributed by atoms with Gasteiger partial charge in [-0.1, -0.05) is 27.2 Å². The first kappa shape index (κ1) is 15.9. The molecule has 0 radical (unpaired) electrons. The summed E-state index contributed by atoms with van der Waals surface area (Å²) in [7, 11) is 0. The van der Waals surface area contributed by atoms with Gasteiger partial charge in [-0.25, -0.2) is 0 Å². The molecular formula is C14H32N2. The van der Waals surface area contributed by atoms with E-state index < -0.39 is 0 Å². The van der Waals surface area contributed by atoms with Gasteiger partial charge in [-0.05, 0) is 40.2 Å². The van der Waals surface area contributed by atoms with Crippen molar-refractivity contribution in [2.45, 2.75) is 78.9 Å². The molecule has 0 amide bonds. The van der Waals surface area contributed by atoms with Crippen LogP contribution in [0.15, 0.2) is 0 Å². The van der Waals surface area contributed by atoms with Gasteiger partial charge < -0.3 is 5.32 Å². The van der Waals surface area contributed by atoms with Gasteiger partial charge in [0.15, 0.2) is 0 Å². The Labute approximate surface area is 103 Å². The Hall–Kier alpha value is -0.0800. The summed E-state index contributed by atoms with van der Waals surface area (Å²) >= 11 is 0.